The minimum atomic E-state index is -0.0663. The highest BCUT2D eigenvalue weighted by atomic mass is 16.3. The average Bonchev–Trinajstić information content (AvgIpc) is 2.94. The number of hydrogen-bond donors (Lipinski definition) is 1. The van der Waals surface area contributed by atoms with Crippen LogP contribution in [0.15, 0.2) is 40.8 Å². The van der Waals surface area contributed by atoms with Crippen molar-refractivity contribution < 1.29 is 9.21 Å². The summed E-state index contributed by atoms with van der Waals surface area (Å²) >= 11 is 0. The zero-order valence-electron chi connectivity index (χ0n) is 14.8. The molecule has 2 aromatic carbocycles. The summed E-state index contributed by atoms with van der Waals surface area (Å²) in [7, 11) is 0. The van der Waals surface area contributed by atoms with E-state index in [1.807, 2.05) is 19.1 Å². The van der Waals surface area contributed by atoms with Crippen LogP contribution in [0, 0.1) is 6.92 Å². The van der Waals surface area contributed by atoms with E-state index in [0.29, 0.717) is 5.76 Å². The summed E-state index contributed by atoms with van der Waals surface area (Å²) < 4.78 is 6.06. The summed E-state index contributed by atoms with van der Waals surface area (Å²) in [5.74, 6) is 0.400. The first kappa shape index (κ1) is 16.2. The fraction of sp³-hybridized carbons (Fsp3) is 0.409. The standard InChI is InChI=1S/C22H25NO2/c1-15-18-14-13-16-9-7-8-12-19(16)21(18)25-20(15)22(24)23-17-10-5-3-2-4-6-11-17/h7-9,12-14,17H,2-6,10-11H2,1H3,(H,23,24). The summed E-state index contributed by atoms with van der Waals surface area (Å²) in [6.07, 6.45) is 8.45. The molecular formula is C22H25NO2. The van der Waals surface area contributed by atoms with Gasteiger partial charge in [0.2, 0.25) is 0 Å². The molecule has 4 rings (SSSR count). The number of amides is 1. The lowest BCUT2D eigenvalue weighted by Crippen LogP contribution is -2.35. The number of aryl methyl sites for hydroxylation is 1. The number of furan rings is 1. The molecule has 0 radical (unpaired) electrons. The normalized spacial score (nSPS) is 16.7. The first-order valence-electron chi connectivity index (χ1n) is 9.46. The Morgan fingerprint density at radius 2 is 1.68 bits per heavy atom. The maximum Gasteiger partial charge on any atom is 0.287 e. The lowest BCUT2D eigenvalue weighted by Gasteiger charge is -2.20. The Balaban J connectivity index is 1.65. The van der Waals surface area contributed by atoms with Crippen LogP contribution >= 0.6 is 0 Å². The number of carbonyl (C=O) groups is 1. The fourth-order valence-corrected chi connectivity index (χ4v) is 4.02. The molecule has 1 amide bonds. The van der Waals surface area contributed by atoms with Crippen molar-refractivity contribution in [2.75, 3.05) is 0 Å². The topological polar surface area (TPSA) is 42.2 Å². The minimum Gasteiger partial charge on any atom is -0.450 e. The predicted octanol–water partition coefficient (Wildman–Crippen LogP) is 5.74. The molecule has 1 saturated carbocycles. The minimum absolute atomic E-state index is 0.0663. The van der Waals surface area contributed by atoms with Gasteiger partial charge in [-0.3, -0.25) is 4.79 Å². The lowest BCUT2D eigenvalue weighted by atomic mass is 9.96. The molecule has 1 heterocycles. The molecule has 25 heavy (non-hydrogen) atoms. The van der Waals surface area contributed by atoms with Crippen LogP contribution in [-0.2, 0) is 0 Å². The Labute approximate surface area is 148 Å². The third-order valence-corrected chi connectivity index (χ3v) is 5.47. The van der Waals surface area contributed by atoms with E-state index in [0.717, 1.165) is 40.1 Å². The molecular weight excluding hydrogens is 310 g/mol. The van der Waals surface area contributed by atoms with Crippen molar-refractivity contribution in [1.29, 1.82) is 0 Å². The van der Waals surface area contributed by atoms with Crippen molar-refractivity contribution in [3.05, 3.63) is 47.7 Å². The second kappa shape index (κ2) is 6.91. The van der Waals surface area contributed by atoms with E-state index in [1.165, 1.54) is 32.1 Å². The van der Waals surface area contributed by atoms with Gasteiger partial charge in [0.25, 0.3) is 5.91 Å². The van der Waals surface area contributed by atoms with Crippen LogP contribution in [-0.4, -0.2) is 11.9 Å². The van der Waals surface area contributed by atoms with Gasteiger partial charge in [0.05, 0.1) is 0 Å². The first-order valence-corrected chi connectivity index (χ1v) is 9.46. The third kappa shape index (κ3) is 3.15. The molecule has 1 N–H and O–H groups in total. The van der Waals surface area contributed by atoms with Gasteiger partial charge in [-0.1, -0.05) is 68.5 Å². The van der Waals surface area contributed by atoms with E-state index < -0.39 is 0 Å². The highest BCUT2D eigenvalue weighted by Crippen LogP contribution is 2.32. The monoisotopic (exact) mass is 335 g/mol. The highest BCUT2D eigenvalue weighted by Gasteiger charge is 2.22. The second-order valence-corrected chi connectivity index (χ2v) is 7.24. The molecule has 1 aliphatic carbocycles. The molecule has 0 spiro atoms. The lowest BCUT2D eigenvalue weighted by molar-refractivity contribution is 0.0903. The Bertz CT molecular complexity index is 901. The summed E-state index contributed by atoms with van der Waals surface area (Å²) in [5.41, 5.74) is 1.75. The van der Waals surface area contributed by atoms with Gasteiger partial charge in [-0.05, 0) is 25.2 Å². The van der Waals surface area contributed by atoms with E-state index in [1.54, 1.807) is 0 Å². The molecule has 1 aromatic heterocycles. The molecule has 0 bridgehead atoms. The molecule has 3 nitrogen and oxygen atoms in total. The Hall–Kier alpha value is -2.29. The summed E-state index contributed by atoms with van der Waals surface area (Å²) in [6.45, 7) is 1.98. The Morgan fingerprint density at radius 1 is 0.960 bits per heavy atom. The van der Waals surface area contributed by atoms with Crippen LogP contribution in [0.3, 0.4) is 0 Å². The highest BCUT2D eigenvalue weighted by molar-refractivity contribution is 6.08. The van der Waals surface area contributed by atoms with Crippen molar-refractivity contribution in [3.63, 3.8) is 0 Å². The molecule has 0 atom stereocenters. The number of hydrogen-bond acceptors (Lipinski definition) is 2. The van der Waals surface area contributed by atoms with E-state index in [4.69, 9.17) is 4.42 Å². The van der Waals surface area contributed by atoms with Gasteiger partial charge in [-0.2, -0.15) is 0 Å². The van der Waals surface area contributed by atoms with Crippen LogP contribution in [0.4, 0.5) is 0 Å². The maximum atomic E-state index is 12.8. The van der Waals surface area contributed by atoms with Crippen LogP contribution in [0.1, 0.15) is 61.1 Å². The van der Waals surface area contributed by atoms with E-state index >= 15 is 0 Å². The largest absolute Gasteiger partial charge is 0.450 e. The van der Waals surface area contributed by atoms with E-state index in [2.05, 4.69) is 29.6 Å². The van der Waals surface area contributed by atoms with Gasteiger partial charge >= 0.3 is 0 Å². The predicted molar refractivity (Wildman–Crippen MR) is 102 cm³/mol. The van der Waals surface area contributed by atoms with Gasteiger partial charge in [0.1, 0.15) is 5.58 Å². The van der Waals surface area contributed by atoms with Crippen LogP contribution in [0.5, 0.6) is 0 Å². The quantitative estimate of drug-likeness (QED) is 0.649. The summed E-state index contributed by atoms with van der Waals surface area (Å²) in [4.78, 5) is 12.8. The van der Waals surface area contributed by atoms with Crippen molar-refractivity contribution in [2.45, 2.75) is 57.9 Å². The number of nitrogens with one attached hydrogen (secondary N) is 1. The van der Waals surface area contributed by atoms with Crippen LogP contribution < -0.4 is 5.32 Å². The zero-order valence-corrected chi connectivity index (χ0v) is 14.8. The maximum absolute atomic E-state index is 12.8. The molecule has 0 aliphatic heterocycles. The number of rotatable bonds is 2. The number of benzene rings is 2. The average molecular weight is 335 g/mol. The van der Waals surface area contributed by atoms with Crippen LogP contribution in [0.25, 0.3) is 21.7 Å². The van der Waals surface area contributed by atoms with Gasteiger partial charge in [-0.25, -0.2) is 0 Å². The van der Waals surface area contributed by atoms with Crippen molar-refractivity contribution in [3.8, 4) is 0 Å². The van der Waals surface area contributed by atoms with Gasteiger partial charge < -0.3 is 9.73 Å². The molecule has 1 aliphatic rings. The summed E-state index contributed by atoms with van der Waals surface area (Å²) in [5, 5.41) is 6.45. The third-order valence-electron chi connectivity index (χ3n) is 5.47. The zero-order chi connectivity index (χ0) is 17.2. The molecule has 0 saturated heterocycles. The van der Waals surface area contributed by atoms with Crippen LogP contribution in [0.2, 0.25) is 0 Å². The van der Waals surface area contributed by atoms with Gasteiger partial charge in [0, 0.05) is 22.4 Å². The fourth-order valence-electron chi connectivity index (χ4n) is 4.02. The van der Waals surface area contributed by atoms with Crippen molar-refractivity contribution >= 4 is 27.6 Å². The Morgan fingerprint density at radius 3 is 2.48 bits per heavy atom. The van der Waals surface area contributed by atoms with E-state index in [-0.39, 0.29) is 11.9 Å². The van der Waals surface area contributed by atoms with E-state index in [9.17, 15) is 4.79 Å². The summed E-state index contributed by atoms with van der Waals surface area (Å²) in [6, 6.07) is 12.6. The smallest absolute Gasteiger partial charge is 0.287 e. The van der Waals surface area contributed by atoms with Crippen molar-refractivity contribution in [1.82, 2.24) is 5.32 Å². The van der Waals surface area contributed by atoms with Crippen molar-refractivity contribution in [2.24, 2.45) is 0 Å². The molecule has 0 unspecified atom stereocenters. The van der Waals surface area contributed by atoms with Gasteiger partial charge in [0.15, 0.2) is 5.76 Å². The number of fused-ring (bicyclic) bond motifs is 3. The van der Waals surface area contributed by atoms with Gasteiger partial charge in [-0.15, -0.1) is 0 Å². The molecule has 1 fully saturated rings. The first-order chi connectivity index (χ1) is 12.2. The molecule has 3 heteroatoms. The second-order valence-electron chi connectivity index (χ2n) is 7.24. The molecule has 130 valence electrons. The number of carbonyl (C=O) groups excluding carboxylic acids is 1. The molecule has 3 aromatic rings. The Kier molecular flexibility index (Phi) is 4.48. The SMILES string of the molecule is Cc1c(C(=O)NC2CCCCCCC2)oc2c1ccc1ccccc12.